The number of rotatable bonds is 5. The van der Waals surface area contributed by atoms with Crippen LogP contribution < -0.4 is 5.32 Å². The minimum atomic E-state index is -3.49. The summed E-state index contributed by atoms with van der Waals surface area (Å²) < 4.78 is 32.3. The van der Waals surface area contributed by atoms with Gasteiger partial charge in [0.05, 0.1) is 13.5 Å². The molecule has 2 aliphatic heterocycles. The summed E-state index contributed by atoms with van der Waals surface area (Å²) in [6.07, 6.45) is 3.09. The highest BCUT2D eigenvalue weighted by Gasteiger charge is 2.35. The van der Waals surface area contributed by atoms with Gasteiger partial charge in [-0.2, -0.15) is 17.0 Å². The van der Waals surface area contributed by atoms with Crippen molar-refractivity contribution in [3.8, 4) is 0 Å². The van der Waals surface area contributed by atoms with E-state index in [0.29, 0.717) is 19.1 Å². The van der Waals surface area contributed by atoms with E-state index in [9.17, 15) is 13.2 Å². The third-order valence-corrected chi connectivity index (χ3v) is 6.02. The Morgan fingerprint density at radius 2 is 2.05 bits per heavy atom. The van der Waals surface area contributed by atoms with E-state index in [1.165, 1.54) is 22.8 Å². The number of ether oxygens (including phenoxy) is 1. The average molecular weight is 305 g/mol. The van der Waals surface area contributed by atoms with E-state index in [1.54, 1.807) is 0 Å². The zero-order valence-electron chi connectivity index (χ0n) is 12.0. The van der Waals surface area contributed by atoms with E-state index in [2.05, 4.69) is 10.1 Å². The van der Waals surface area contributed by atoms with E-state index >= 15 is 0 Å². The van der Waals surface area contributed by atoms with Crippen LogP contribution in [0.4, 0.5) is 0 Å². The number of methoxy groups -OCH3 is 1. The second-order valence-corrected chi connectivity index (χ2v) is 7.48. The van der Waals surface area contributed by atoms with Crippen LogP contribution in [0, 0.1) is 0 Å². The molecule has 2 rings (SSSR count). The molecule has 2 unspecified atom stereocenters. The predicted octanol–water partition coefficient (Wildman–Crippen LogP) is -0.448. The standard InChI is InChI=1S/C12H23N3O4S/c1-14(7-6-12(16)19-2)20(17,18)15-8-5-10-3-4-11(9-15)13-10/h10-11,13H,3-9H2,1-2H3. The first-order chi connectivity index (χ1) is 9.43. The molecule has 0 aromatic carbocycles. The maximum absolute atomic E-state index is 12.5. The van der Waals surface area contributed by atoms with Gasteiger partial charge >= 0.3 is 5.97 Å². The van der Waals surface area contributed by atoms with Crippen molar-refractivity contribution < 1.29 is 17.9 Å². The van der Waals surface area contributed by atoms with E-state index < -0.39 is 16.2 Å². The third-order valence-electron chi connectivity index (χ3n) is 4.06. The molecule has 2 aliphatic rings. The second-order valence-electron chi connectivity index (χ2n) is 5.44. The minimum absolute atomic E-state index is 0.0738. The molecule has 2 atom stereocenters. The average Bonchev–Trinajstić information content (AvgIpc) is 2.74. The molecule has 7 nitrogen and oxygen atoms in total. The van der Waals surface area contributed by atoms with Crippen LogP contribution in [0.3, 0.4) is 0 Å². The van der Waals surface area contributed by atoms with Gasteiger partial charge in [-0.3, -0.25) is 4.79 Å². The van der Waals surface area contributed by atoms with Gasteiger partial charge in [-0.15, -0.1) is 0 Å². The molecule has 0 aromatic heterocycles. The Morgan fingerprint density at radius 1 is 1.35 bits per heavy atom. The highest BCUT2D eigenvalue weighted by Crippen LogP contribution is 2.22. The van der Waals surface area contributed by atoms with Crippen molar-refractivity contribution in [3.05, 3.63) is 0 Å². The van der Waals surface area contributed by atoms with Gasteiger partial charge < -0.3 is 10.1 Å². The third kappa shape index (κ3) is 3.49. The zero-order chi connectivity index (χ0) is 14.8. The van der Waals surface area contributed by atoms with Crippen molar-refractivity contribution in [3.63, 3.8) is 0 Å². The molecule has 2 saturated heterocycles. The summed E-state index contributed by atoms with van der Waals surface area (Å²) in [5.74, 6) is -0.399. The zero-order valence-corrected chi connectivity index (χ0v) is 12.9. The largest absolute Gasteiger partial charge is 0.469 e. The van der Waals surface area contributed by atoms with Crippen LogP contribution in [0.15, 0.2) is 0 Å². The number of carbonyl (C=O) groups is 1. The molecule has 0 aliphatic carbocycles. The van der Waals surface area contributed by atoms with Gasteiger partial charge in [0.15, 0.2) is 0 Å². The monoisotopic (exact) mass is 305 g/mol. The van der Waals surface area contributed by atoms with Crippen LogP contribution in [-0.2, 0) is 19.7 Å². The molecule has 8 heteroatoms. The summed E-state index contributed by atoms with van der Waals surface area (Å²) >= 11 is 0. The SMILES string of the molecule is COC(=O)CCN(C)S(=O)(=O)N1CCC2CCC(C1)N2. The first-order valence-corrected chi connectivity index (χ1v) is 8.37. The maximum Gasteiger partial charge on any atom is 0.306 e. The lowest BCUT2D eigenvalue weighted by atomic mass is 10.1. The number of nitrogens with one attached hydrogen (secondary N) is 1. The highest BCUT2D eigenvalue weighted by atomic mass is 32.2. The topological polar surface area (TPSA) is 79.0 Å². The number of hydrogen-bond donors (Lipinski definition) is 1. The fourth-order valence-electron chi connectivity index (χ4n) is 2.78. The van der Waals surface area contributed by atoms with Crippen LogP contribution in [0.25, 0.3) is 0 Å². The molecule has 20 heavy (non-hydrogen) atoms. The molecule has 0 amide bonds. The van der Waals surface area contributed by atoms with Gasteiger partial charge in [0.2, 0.25) is 0 Å². The van der Waals surface area contributed by atoms with Crippen LogP contribution in [0.1, 0.15) is 25.7 Å². The molecule has 0 saturated carbocycles. The first-order valence-electron chi connectivity index (χ1n) is 6.97. The number of hydrogen-bond acceptors (Lipinski definition) is 5. The fourth-order valence-corrected chi connectivity index (χ4v) is 4.20. The van der Waals surface area contributed by atoms with Gasteiger partial charge in [-0.05, 0) is 19.3 Å². The van der Waals surface area contributed by atoms with Crippen LogP contribution in [-0.4, -0.2) is 68.9 Å². The fraction of sp³-hybridized carbons (Fsp3) is 0.917. The Labute approximate surface area is 120 Å². The van der Waals surface area contributed by atoms with Gasteiger partial charge in [-0.1, -0.05) is 0 Å². The lowest BCUT2D eigenvalue weighted by Crippen LogP contribution is -2.46. The lowest BCUT2D eigenvalue weighted by molar-refractivity contribution is -0.140. The van der Waals surface area contributed by atoms with Crippen LogP contribution in [0.2, 0.25) is 0 Å². The van der Waals surface area contributed by atoms with Crippen molar-refractivity contribution in [2.24, 2.45) is 0 Å². The van der Waals surface area contributed by atoms with Crippen LogP contribution >= 0.6 is 0 Å². The smallest absolute Gasteiger partial charge is 0.306 e. The van der Waals surface area contributed by atoms with Crippen LogP contribution in [0.5, 0.6) is 0 Å². The maximum atomic E-state index is 12.5. The highest BCUT2D eigenvalue weighted by molar-refractivity contribution is 7.86. The van der Waals surface area contributed by atoms with Crippen molar-refractivity contribution >= 4 is 16.2 Å². The molecule has 116 valence electrons. The van der Waals surface area contributed by atoms with Gasteiger partial charge in [0, 0.05) is 38.8 Å². The summed E-state index contributed by atoms with van der Waals surface area (Å²) in [5.41, 5.74) is 0. The number of fused-ring (bicyclic) bond motifs is 2. The molecule has 0 aromatic rings. The molecule has 0 radical (unpaired) electrons. The summed E-state index contributed by atoms with van der Waals surface area (Å²) in [6.45, 7) is 1.20. The first kappa shape index (κ1) is 15.7. The molecule has 2 fully saturated rings. The Balaban J connectivity index is 1.96. The molecule has 2 heterocycles. The normalized spacial score (nSPS) is 27.6. The van der Waals surface area contributed by atoms with E-state index in [4.69, 9.17) is 0 Å². The van der Waals surface area contributed by atoms with Crippen molar-refractivity contribution in [1.29, 1.82) is 0 Å². The van der Waals surface area contributed by atoms with E-state index in [1.807, 2.05) is 0 Å². The second kappa shape index (κ2) is 6.38. The van der Waals surface area contributed by atoms with Gasteiger partial charge in [0.25, 0.3) is 10.2 Å². The number of esters is 1. The quantitative estimate of drug-likeness (QED) is 0.696. The Bertz CT molecular complexity index is 454. The predicted molar refractivity (Wildman–Crippen MR) is 74.3 cm³/mol. The summed E-state index contributed by atoms with van der Waals surface area (Å²) in [6, 6.07) is 0.701. The number of carbonyl (C=O) groups excluding carboxylic acids is 1. The molecular weight excluding hydrogens is 282 g/mol. The number of nitrogens with zero attached hydrogens (tertiary/aromatic N) is 2. The Kier molecular flexibility index (Phi) is 5.00. The van der Waals surface area contributed by atoms with Crippen molar-refractivity contribution in [2.45, 2.75) is 37.8 Å². The van der Waals surface area contributed by atoms with Crippen molar-refractivity contribution in [1.82, 2.24) is 13.9 Å². The summed E-state index contributed by atoms with van der Waals surface area (Å²) in [5, 5.41) is 3.45. The van der Waals surface area contributed by atoms with E-state index in [-0.39, 0.29) is 19.0 Å². The molecule has 0 spiro atoms. The Hall–Kier alpha value is -0.700. The summed E-state index contributed by atoms with van der Waals surface area (Å²) in [7, 11) is -0.684. The molecular formula is C12H23N3O4S. The van der Waals surface area contributed by atoms with Crippen molar-refractivity contribution in [2.75, 3.05) is 33.8 Å². The van der Waals surface area contributed by atoms with Gasteiger partial charge in [0.1, 0.15) is 0 Å². The molecule has 2 bridgehead atoms. The summed E-state index contributed by atoms with van der Waals surface area (Å²) in [4.78, 5) is 11.1. The van der Waals surface area contributed by atoms with Gasteiger partial charge in [-0.25, -0.2) is 0 Å². The minimum Gasteiger partial charge on any atom is -0.469 e. The molecule has 1 N–H and O–H groups in total. The lowest BCUT2D eigenvalue weighted by Gasteiger charge is -2.28. The Morgan fingerprint density at radius 3 is 2.75 bits per heavy atom. The van der Waals surface area contributed by atoms with E-state index in [0.717, 1.165) is 19.3 Å².